The Balaban J connectivity index is 1.14. The molecule has 0 spiro atoms. The fourth-order valence-electron chi connectivity index (χ4n) is 9.13. The van der Waals surface area contributed by atoms with Crippen LogP contribution >= 0.6 is 0 Å². The first-order valence-corrected chi connectivity index (χ1v) is 18.8. The average Bonchev–Trinajstić information content (AvgIpc) is 3.39. The normalized spacial score (nSPS) is 22.0. The van der Waals surface area contributed by atoms with Crippen molar-refractivity contribution in [2.24, 2.45) is 9.98 Å². The summed E-state index contributed by atoms with van der Waals surface area (Å²) in [6, 6.07) is 28.5. The molecule has 1 fully saturated rings. The van der Waals surface area contributed by atoms with Crippen LogP contribution in [-0.4, -0.2) is 38.6 Å². The van der Waals surface area contributed by atoms with Crippen molar-refractivity contribution < 1.29 is 0 Å². The minimum atomic E-state index is 0.0147. The molecule has 4 nitrogen and oxygen atoms in total. The monoisotopic (exact) mass is 664 g/mol. The van der Waals surface area contributed by atoms with Crippen LogP contribution in [0.15, 0.2) is 82.8 Å². The number of aryl methyl sites for hydroxylation is 2. The van der Waals surface area contributed by atoms with E-state index in [0.717, 1.165) is 22.5 Å². The van der Waals surface area contributed by atoms with Gasteiger partial charge in [-0.05, 0) is 121 Å². The first kappa shape index (κ1) is 34.3. The van der Waals surface area contributed by atoms with Gasteiger partial charge in [0.05, 0.1) is 11.4 Å². The second kappa shape index (κ2) is 12.5. The van der Waals surface area contributed by atoms with E-state index in [1.54, 1.807) is 0 Å². The van der Waals surface area contributed by atoms with Crippen molar-refractivity contribution in [1.29, 1.82) is 0 Å². The molecule has 7 rings (SSSR count). The molecule has 0 aromatic heterocycles. The summed E-state index contributed by atoms with van der Waals surface area (Å²) < 4.78 is 0. The van der Waals surface area contributed by atoms with E-state index in [1.807, 2.05) is 12.4 Å². The summed E-state index contributed by atoms with van der Waals surface area (Å²) in [5.74, 6) is 0. The van der Waals surface area contributed by atoms with E-state index < -0.39 is 0 Å². The van der Waals surface area contributed by atoms with Gasteiger partial charge in [0.25, 0.3) is 0 Å². The molecule has 2 aliphatic heterocycles. The minimum absolute atomic E-state index is 0.0147. The Morgan fingerprint density at radius 2 is 1.00 bits per heavy atom. The molecular weight excluding hydrogens is 609 g/mol. The number of hydrogen-bond donors (Lipinski definition) is 0. The van der Waals surface area contributed by atoms with Gasteiger partial charge < -0.3 is 9.80 Å². The number of nitrogens with zero attached hydrogens (tertiary/aromatic N) is 4. The van der Waals surface area contributed by atoms with Crippen molar-refractivity contribution in [2.75, 3.05) is 23.9 Å². The van der Waals surface area contributed by atoms with Crippen LogP contribution < -0.4 is 9.80 Å². The SMILES string of the molecule is Cc1cc(C2(c3ccc(N=Cc4ccc5c(c4)C(C)(C)[C@@H](C)N5C)c(C)c3)CCCCC2)ccc1N=Cc1ccc2c(c1)C(C)(C)[C@H](C)N2C. The van der Waals surface area contributed by atoms with Crippen molar-refractivity contribution >= 4 is 35.2 Å². The van der Waals surface area contributed by atoms with Crippen LogP contribution in [0.3, 0.4) is 0 Å². The van der Waals surface area contributed by atoms with Gasteiger partial charge >= 0.3 is 0 Å². The van der Waals surface area contributed by atoms with E-state index in [4.69, 9.17) is 9.98 Å². The second-order valence-corrected chi connectivity index (χ2v) is 16.7. The number of anilines is 2. The number of likely N-dealkylation sites (N-methyl/N-ethyl adjacent to an activating group) is 2. The van der Waals surface area contributed by atoms with Crippen molar-refractivity contribution in [3.8, 4) is 0 Å². The Hall–Kier alpha value is -4.18. The van der Waals surface area contributed by atoms with Crippen molar-refractivity contribution in [2.45, 2.75) is 116 Å². The Kier molecular flexibility index (Phi) is 8.60. The Bertz CT molecular complexity index is 1850. The summed E-state index contributed by atoms with van der Waals surface area (Å²) in [7, 11) is 4.41. The highest BCUT2D eigenvalue weighted by atomic mass is 15.2. The highest BCUT2D eigenvalue weighted by Gasteiger charge is 2.41. The molecule has 2 heterocycles. The number of fused-ring (bicyclic) bond motifs is 2. The summed E-state index contributed by atoms with van der Waals surface area (Å²) in [5, 5.41) is 0. The lowest BCUT2D eigenvalue weighted by atomic mass is 9.65. The molecule has 50 heavy (non-hydrogen) atoms. The fraction of sp³-hybridized carbons (Fsp3) is 0.435. The molecule has 4 aromatic rings. The predicted molar refractivity (Wildman–Crippen MR) is 215 cm³/mol. The van der Waals surface area contributed by atoms with E-state index in [9.17, 15) is 0 Å². The van der Waals surface area contributed by atoms with E-state index in [2.05, 4.69) is 152 Å². The molecule has 0 saturated heterocycles. The third-order valence-electron chi connectivity index (χ3n) is 13.4. The van der Waals surface area contributed by atoms with E-state index in [1.165, 1.54) is 76.9 Å². The van der Waals surface area contributed by atoms with E-state index >= 15 is 0 Å². The molecule has 260 valence electrons. The lowest BCUT2D eigenvalue weighted by molar-refractivity contribution is 0.346. The first-order valence-electron chi connectivity index (χ1n) is 18.8. The molecule has 0 bridgehead atoms. The number of hydrogen-bond acceptors (Lipinski definition) is 4. The standard InChI is InChI=1S/C46H56N4/c1-30-24-36(16-18-40(30)47-28-34-14-20-42-38(26-34)44(5,6)32(3)49(42)9)46(22-12-11-13-23-46)37-17-19-41(31(2)25-37)48-29-35-15-21-43-39(27-35)45(7,8)33(4)50(43)10/h14-21,24-29,32-33H,11-13,22-23H2,1-10H3/t32-,33+. The zero-order valence-electron chi connectivity index (χ0n) is 32.1. The molecule has 0 amide bonds. The van der Waals surface area contributed by atoms with Gasteiger partial charge in [0.2, 0.25) is 0 Å². The molecule has 0 N–H and O–H groups in total. The second-order valence-electron chi connectivity index (χ2n) is 16.7. The van der Waals surface area contributed by atoms with Crippen LogP contribution in [0.1, 0.15) is 118 Å². The predicted octanol–water partition coefficient (Wildman–Crippen LogP) is 11.3. The van der Waals surface area contributed by atoms with Gasteiger partial charge in [-0.1, -0.05) is 83.4 Å². The number of rotatable bonds is 6. The summed E-state index contributed by atoms with van der Waals surface area (Å²) in [5.41, 5.74) is 15.4. The molecule has 0 radical (unpaired) electrons. The van der Waals surface area contributed by atoms with Gasteiger partial charge in [-0.15, -0.1) is 0 Å². The zero-order chi connectivity index (χ0) is 35.6. The summed E-state index contributed by atoms with van der Waals surface area (Å²) in [6.45, 7) is 18.5. The maximum absolute atomic E-state index is 5.02. The number of benzene rings is 4. The van der Waals surface area contributed by atoms with Gasteiger partial charge in [0, 0.05) is 66.2 Å². The summed E-state index contributed by atoms with van der Waals surface area (Å²) in [4.78, 5) is 14.8. The smallest absolute Gasteiger partial charge is 0.0659 e. The Labute approximate surface area is 301 Å². The molecule has 1 aliphatic carbocycles. The zero-order valence-corrected chi connectivity index (χ0v) is 32.1. The van der Waals surface area contributed by atoms with Gasteiger partial charge in [-0.25, -0.2) is 0 Å². The van der Waals surface area contributed by atoms with Crippen molar-refractivity contribution in [3.63, 3.8) is 0 Å². The highest BCUT2D eigenvalue weighted by Crippen LogP contribution is 2.48. The Morgan fingerprint density at radius 3 is 1.40 bits per heavy atom. The first-order chi connectivity index (χ1) is 23.7. The molecule has 4 heteroatoms. The summed E-state index contributed by atoms with van der Waals surface area (Å²) in [6.07, 6.45) is 10.2. The van der Waals surface area contributed by atoms with Gasteiger partial charge in [-0.2, -0.15) is 0 Å². The van der Waals surface area contributed by atoms with Crippen molar-refractivity contribution in [1.82, 2.24) is 0 Å². The quantitative estimate of drug-likeness (QED) is 0.192. The lowest BCUT2D eigenvalue weighted by Gasteiger charge is -2.39. The van der Waals surface area contributed by atoms with Crippen LogP contribution in [0.2, 0.25) is 0 Å². The van der Waals surface area contributed by atoms with Crippen LogP contribution in [-0.2, 0) is 16.2 Å². The summed E-state index contributed by atoms with van der Waals surface area (Å²) >= 11 is 0. The molecule has 3 aliphatic rings. The largest absolute Gasteiger partial charge is 0.371 e. The maximum Gasteiger partial charge on any atom is 0.0659 e. The fourth-order valence-corrected chi connectivity index (χ4v) is 9.13. The minimum Gasteiger partial charge on any atom is -0.371 e. The van der Waals surface area contributed by atoms with Crippen LogP contribution in [0.4, 0.5) is 22.7 Å². The molecule has 0 unspecified atom stereocenters. The number of aliphatic imine (C=N–C) groups is 2. The molecule has 4 aromatic carbocycles. The van der Waals surface area contributed by atoms with E-state index in [0.29, 0.717) is 12.1 Å². The third-order valence-corrected chi connectivity index (χ3v) is 13.4. The van der Waals surface area contributed by atoms with Crippen LogP contribution in [0.25, 0.3) is 0 Å². The van der Waals surface area contributed by atoms with Crippen LogP contribution in [0, 0.1) is 13.8 Å². The van der Waals surface area contributed by atoms with E-state index in [-0.39, 0.29) is 16.2 Å². The van der Waals surface area contributed by atoms with Gasteiger partial charge in [-0.3, -0.25) is 9.98 Å². The van der Waals surface area contributed by atoms with Gasteiger partial charge in [0.15, 0.2) is 0 Å². The topological polar surface area (TPSA) is 31.2 Å². The average molecular weight is 665 g/mol. The highest BCUT2D eigenvalue weighted by molar-refractivity contribution is 5.85. The molecule has 1 saturated carbocycles. The van der Waals surface area contributed by atoms with Crippen molar-refractivity contribution in [3.05, 3.63) is 117 Å². The molecule has 2 atom stereocenters. The third kappa shape index (κ3) is 5.60. The van der Waals surface area contributed by atoms with Gasteiger partial charge in [0.1, 0.15) is 0 Å². The lowest BCUT2D eigenvalue weighted by Crippen LogP contribution is -2.36. The molecular formula is C46H56N4. The van der Waals surface area contributed by atoms with Crippen LogP contribution in [0.5, 0.6) is 0 Å². The maximum atomic E-state index is 5.02. The Morgan fingerprint density at radius 1 is 0.580 bits per heavy atom.